The molecule has 2 aliphatic heterocycles. The molecule has 0 saturated heterocycles. The topological polar surface area (TPSA) is 112 Å². The van der Waals surface area contributed by atoms with Crippen molar-refractivity contribution in [3.63, 3.8) is 0 Å². The summed E-state index contributed by atoms with van der Waals surface area (Å²) in [5, 5.41) is 11.1. The number of rotatable bonds is 2. The summed E-state index contributed by atoms with van der Waals surface area (Å²) in [6.07, 6.45) is 3.35. The zero-order valence-corrected chi connectivity index (χ0v) is 16.6. The third kappa shape index (κ3) is 3.68. The molecule has 1 aromatic heterocycles. The quantitative estimate of drug-likeness (QED) is 0.644. The van der Waals surface area contributed by atoms with E-state index in [0.717, 1.165) is 0 Å². The lowest BCUT2D eigenvalue weighted by Gasteiger charge is -2.21. The Bertz CT molecular complexity index is 1090. The monoisotopic (exact) mass is 414 g/mol. The van der Waals surface area contributed by atoms with Gasteiger partial charge < -0.3 is 25.0 Å². The van der Waals surface area contributed by atoms with Crippen LogP contribution < -0.4 is 16.0 Å². The van der Waals surface area contributed by atoms with Gasteiger partial charge in [0.2, 0.25) is 0 Å². The Balaban J connectivity index is 1.75. The number of primary amides is 1. The molecular weight excluding hydrogens is 396 g/mol. The summed E-state index contributed by atoms with van der Waals surface area (Å²) >= 11 is 6.39. The van der Waals surface area contributed by atoms with E-state index < -0.39 is 17.6 Å². The van der Waals surface area contributed by atoms with Crippen molar-refractivity contribution in [3.8, 4) is 29.0 Å². The molecule has 0 saturated carbocycles. The summed E-state index contributed by atoms with van der Waals surface area (Å²) in [6.45, 7) is 4.27. The van der Waals surface area contributed by atoms with Crippen molar-refractivity contribution in [2.24, 2.45) is 5.73 Å². The molecule has 9 heteroatoms. The van der Waals surface area contributed by atoms with Crippen LogP contribution in [0.25, 0.3) is 11.4 Å². The summed E-state index contributed by atoms with van der Waals surface area (Å²) in [5.74, 6) is 6.92. The first kappa shape index (κ1) is 19.3. The van der Waals surface area contributed by atoms with E-state index in [0.29, 0.717) is 46.6 Å². The van der Waals surface area contributed by atoms with Crippen LogP contribution in [0.5, 0.6) is 5.75 Å². The van der Waals surface area contributed by atoms with Crippen molar-refractivity contribution < 1.29 is 19.5 Å². The van der Waals surface area contributed by atoms with Gasteiger partial charge >= 0.3 is 0 Å². The lowest BCUT2D eigenvalue weighted by molar-refractivity contribution is 0.0310. The maximum absolute atomic E-state index is 11.5. The molecule has 8 nitrogen and oxygen atoms in total. The van der Waals surface area contributed by atoms with Crippen LogP contribution in [0.4, 0.5) is 0 Å². The first-order valence-electron chi connectivity index (χ1n) is 8.94. The highest BCUT2D eigenvalue weighted by atomic mass is 35.5. The van der Waals surface area contributed by atoms with E-state index in [1.54, 1.807) is 42.8 Å². The van der Waals surface area contributed by atoms with Crippen molar-refractivity contribution in [3.05, 3.63) is 46.4 Å². The average Bonchev–Trinajstić information content (AvgIpc) is 3.25. The van der Waals surface area contributed by atoms with Gasteiger partial charge in [-0.2, -0.15) is 0 Å². The summed E-state index contributed by atoms with van der Waals surface area (Å²) in [5.41, 5.74) is 8.01. The zero-order valence-electron chi connectivity index (χ0n) is 15.8. The molecule has 4 N–H and O–H groups in total. The minimum atomic E-state index is -1.39. The van der Waals surface area contributed by atoms with Crippen molar-refractivity contribution >= 4 is 17.5 Å². The fourth-order valence-corrected chi connectivity index (χ4v) is 3.33. The van der Waals surface area contributed by atoms with E-state index in [1.165, 1.54) is 0 Å². The van der Waals surface area contributed by atoms with Crippen LogP contribution in [-0.4, -0.2) is 38.8 Å². The van der Waals surface area contributed by atoms with Crippen molar-refractivity contribution in [2.75, 3.05) is 6.61 Å². The van der Waals surface area contributed by atoms with E-state index >= 15 is 0 Å². The third-order valence-corrected chi connectivity index (χ3v) is 5.05. The van der Waals surface area contributed by atoms with Gasteiger partial charge in [0.15, 0.2) is 0 Å². The molecule has 1 amide bonds. The van der Waals surface area contributed by atoms with Crippen molar-refractivity contribution in [1.29, 1.82) is 0 Å². The minimum absolute atomic E-state index is 0.174. The van der Waals surface area contributed by atoms with Gasteiger partial charge in [0, 0.05) is 17.8 Å². The van der Waals surface area contributed by atoms with Crippen LogP contribution in [0.15, 0.2) is 30.2 Å². The number of aromatic nitrogens is 2. The normalized spacial score (nSPS) is 19.3. The predicted molar refractivity (Wildman–Crippen MR) is 106 cm³/mol. The number of hydrogen-bond donors (Lipinski definition) is 3. The van der Waals surface area contributed by atoms with Crippen molar-refractivity contribution in [2.45, 2.75) is 32.0 Å². The standard InChI is InChI=1S/C20H19ClN4O4/c1-11-7-17(24-29-11)20(2,27)4-3-12-8-13-16(9-14(12)21)28-6-5-25-10-15(18(22)26)23-19(13)25/h7-10,17,24,27H,5-6H2,1-2H3,(H2,22,26). The molecule has 1 aromatic carbocycles. The van der Waals surface area contributed by atoms with Gasteiger partial charge in [-0.25, -0.2) is 4.98 Å². The number of allylic oxidation sites excluding steroid dienone is 1. The number of carbonyl (C=O) groups excluding carboxylic acids is 1. The van der Waals surface area contributed by atoms with Crippen molar-refractivity contribution in [1.82, 2.24) is 15.0 Å². The molecule has 150 valence electrons. The molecule has 3 heterocycles. The Labute approximate surface area is 172 Å². The van der Waals surface area contributed by atoms with Gasteiger partial charge in [0.1, 0.15) is 41.3 Å². The molecule has 0 spiro atoms. The van der Waals surface area contributed by atoms with Gasteiger partial charge in [-0.05, 0) is 26.0 Å². The van der Waals surface area contributed by atoms with Gasteiger partial charge in [-0.15, -0.1) is 5.48 Å². The van der Waals surface area contributed by atoms with Crippen LogP contribution in [0.3, 0.4) is 0 Å². The second-order valence-electron chi connectivity index (χ2n) is 7.06. The molecule has 2 atom stereocenters. The highest BCUT2D eigenvalue weighted by Crippen LogP contribution is 2.36. The number of amides is 1. The Morgan fingerprint density at radius 1 is 1.52 bits per heavy atom. The molecule has 0 fully saturated rings. The zero-order chi connectivity index (χ0) is 20.8. The number of nitrogens with two attached hydrogens (primary N) is 1. The second-order valence-corrected chi connectivity index (χ2v) is 7.46. The number of ether oxygens (including phenoxy) is 1. The highest BCUT2D eigenvalue weighted by Gasteiger charge is 2.32. The summed E-state index contributed by atoms with van der Waals surface area (Å²) in [7, 11) is 0. The Hall–Kier alpha value is -2.99. The average molecular weight is 415 g/mol. The third-order valence-electron chi connectivity index (χ3n) is 4.73. The molecule has 0 aliphatic carbocycles. The summed E-state index contributed by atoms with van der Waals surface area (Å²) in [6, 6.07) is 2.91. The van der Waals surface area contributed by atoms with Crippen LogP contribution in [0, 0.1) is 11.8 Å². The van der Waals surface area contributed by atoms with Crippen LogP contribution in [0.2, 0.25) is 5.02 Å². The van der Waals surface area contributed by atoms with Gasteiger partial charge in [0.25, 0.3) is 5.91 Å². The first-order valence-corrected chi connectivity index (χ1v) is 9.32. The predicted octanol–water partition coefficient (Wildman–Crippen LogP) is 1.60. The molecule has 2 aromatic rings. The SMILES string of the molecule is CC1=CC(C(C)(O)C#Cc2cc3c(cc2Cl)OCCn2cc(C(N)=O)nc2-3)NO1. The summed E-state index contributed by atoms with van der Waals surface area (Å²) < 4.78 is 7.58. The first-order chi connectivity index (χ1) is 13.7. The molecule has 0 radical (unpaired) electrons. The number of imidazole rings is 1. The van der Waals surface area contributed by atoms with Crippen LogP contribution in [-0.2, 0) is 11.4 Å². The number of hydroxylamine groups is 1. The molecule has 2 unspecified atom stereocenters. The lowest BCUT2D eigenvalue weighted by Crippen LogP contribution is -2.43. The molecule has 4 rings (SSSR count). The Kier molecular flexibility index (Phi) is 4.74. The summed E-state index contributed by atoms with van der Waals surface area (Å²) in [4.78, 5) is 21.0. The minimum Gasteiger partial charge on any atom is -0.491 e. The number of hydrogen-bond acceptors (Lipinski definition) is 6. The largest absolute Gasteiger partial charge is 0.491 e. The number of halogens is 1. The fraction of sp³-hybridized carbons (Fsp3) is 0.300. The lowest BCUT2D eigenvalue weighted by atomic mass is 9.97. The number of carbonyl (C=O) groups is 1. The van der Waals surface area contributed by atoms with Crippen LogP contribution in [0.1, 0.15) is 29.9 Å². The second kappa shape index (κ2) is 7.12. The van der Waals surface area contributed by atoms with E-state index in [-0.39, 0.29) is 5.69 Å². The number of fused-ring (bicyclic) bond motifs is 3. The molecular formula is C20H19ClN4O4. The maximum atomic E-state index is 11.5. The van der Waals surface area contributed by atoms with E-state index in [2.05, 4.69) is 22.3 Å². The molecule has 2 aliphatic rings. The van der Waals surface area contributed by atoms with E-state index in [4.69, 9.17) is 26.9 Å². The fourth-order valence-electron chi connectivity index (χ4n) is 3.13. The highest BCUT2D eigenvalue weighted by molar-refractivity contribution is 6.32. The van der Waals surface area contributed by atoms with Crippen LogP contribution >= 0.6 is 11.6 Å². The van der Waals surface area contributed by atoms with E-state index in [9.17, 15) is 9.90 Å². The number of nitrogens with zero attached hydrogens (tertiary/aromatic N) is 2. The molecule has 0 bridgehead atoms. The maximum Gasteiger partial charge on any atom is 0.268 e. The molecule has 29 heavy (non-hydrogen) atoms. The Morgan fingerprint density at radius 3 is 3.00 bits per heavy atom. The van der Waals surface area contributed by atoms with Gasteiger partial charge in [-0.1, -0.05) is 23.4 Å². The Morgan fingerprint density at radius 2 is 2.31 bits per heavy atom. The number of benzene rings is 1. The number of aliphatic hydroxyl groups is 1. The van der Waals surface area contributed by atoms with Gasteiger partial charge in [0.05, 0.1) is 17.1 Å². The van der Waals surface area contributed by atoms with E-state index in [1.807, 2.05) is 0 Å². The van der Waals surface area contributed by atoms with Gasteiger partial charge in [-0.3, -0.25) is 4.79 Å². The number of nitrogens with one attached hydrogen (secondary N) is 1. The smallest absolute Gasteiger partial charge is 0.268 e.